The smallest absolute Gasteiger partial charge is 0.407 e. The highest BCUT2D eigenvalue weighted by Crippen LogP contribution is 2.06. The number of hydrogen-bond acceptors (Lipinski definition) is 4. The van der Waals surface area contributed by atoms with Crippen LogP contribution in [0.5, 0.6) is 0 Å². The van der Waals surface area contributed by atoms with Crippen LogP contribution in [0.3, 0.4) is 0 Å². The Labute approximate surface area is 138 Å². The maximum Gasteiger partial charge on any atom is 0.407 e. The maximum atomic E-state index is 12.2. The second-order valence-corrected chi connectivity index (χ2v) is 5.90. The molecule has 0 radical (unpaired) electrons. The second-order valence-electron chi connectivity index (χ2n) is 5.90. The van der Waals surface area contributed by atoms with Gasteiger partial charge in [-0.3, -0.25) is 0 Å². The van der Waals surface area contributed by atoms with E-state index in [2.05, 4.69) is 5.32 Å². The Bertz CT molecular complexity index is 473. The number of hydrogen-bond donors (Lipinski definition) is 1. The van der Waals surface area contributed by atoms with E-state index in [-0.39, 0.29) is 5.92 Å². The molecule has 0 fully saturated rings. The summed E-state index contributed by atoms with van der Waals surface area (Å²) in [5.41, 5.74) is 0.952. The highest BCUT2D eigenvalue weighted by Gasteiger charge is 2.23. The van der Waals surface area contributed by atoms with E-state index in [9.17, 15) is 9.59 Å². The van der Waals surface area contributed by atoms with Crippen molar-refractivity contribution in [3.63, 3.8) is 0 Å². The molecule has 0 aliphatic rings. The molecule has 0 saturated carbocycles. The molecular formula is C18H27NO4. The molecule has 0 aromatic heterocycles. The van der Waals surface area contributed by atoms with Crippen LogP contribution >= 0.6 is 0 Å². The van der Waals surface area contributed by atoms with Gasteiger partial charge >= 0.3 is 12.1 Å². The number of ether oxygens (including phenoxy) is 2. The van der Waals surface area contributed by atoms with E-state index < -0.39 is 18.1 Å². The van der Waals surface area contributed by atoms with E-state index in [0.717, 1.165) is 18.4 Å². The van der Waals surface area contributed by atoms with Gasteiger partial charge in [-0.05, 0) is 17.9 Å². The van der Waals surface area contributed by atoms with Gasteiger partial charge in [0.15, 0.2) is 0 Å². The minimum absolute atomic E-state index is 0.243. The van der Waals surface area contributed by atoms with Crippen LogP contribution in [0, 0.1) is 5.92 Å². The van der Waals surface area contributed by atoms with Gasteiger partial charge in [0.1, 0.15) is 6.04 Å². The first kappa shape index (κ1) is 19.0. The summed E-state index contributed by atoms with van der Waals surface area (Å²) >= 11 is 0. The van der Waals surface area contributed by atoms with Crippen molar-refractivity contribution in [3.05, 3.63) is 35.9 Å². The molecule has 5 heteroatoms. The number of alkyl carbamates (subject to hydrolysis) is 1. The third-order valence-corrected chi connectivity index (χ3v) is 3.15. The number of amides is 1. The topological polar surface area (TPSA) is 64.6 Å². The zero-order valence-corrected chi connectivity index (χ0v) is 14.2. The number of unbranched alkanes of at least 4 members (excludes halogenated alkanes) is 1. The van der Waals surface area contributed by atoms with Gasteiger partial charge in [-0.1, -0.05) is 57.5 Å². The standard InChI is InChI=1S/C18H27NO4/c1-4-5-11-22-18(21)19-16(17(20)23-13-14(2)3)12-15-9-7-6-8-10-15/h6-10,14,16H,4-5,11-13H2,1-3H3,(H,19,21)/t16-/m0/s1. The molecule has 5 nitrogen and oxygen atoms in total. The highest BCUT2D eigenvalue weighted by atomic mass is 16.6. The summed E-state index contributed by atoms with van der Waals surface area (Å²) in [5, 5.41) is 2.61. The van der Waals surface area contributed by atoms with Gasteiger partial charge in [0.25, 0.3) is 0 Å². The minimum Gasteiger partial charge on any atom is -0.464 e. The lowest BCUT2D eigenvalue weighted by Gasteiger charge is -2.18. The van der Waals surface area contributed by atoms with Crippen molar-refractivity contribution in [3.8, 4) is 0 Å². The van der Waals surface area contributed by atoms with Crippen LogP contribution in [0.2, 0.25) is 0 Å². The fraction of sp³-hybridized carbons (Fsp3) is 0.556. The fourth-order valence-corrected chi connectivity index (χ4v) is 1.89. The molecule has 0 heterocycles. The Hall–Kier alpha value is -2.04. The quantitative estimate of drug-likeness (QED) is 0.560. The SMILES string of the molecule is CCCCOC(=O)N[C@@H](Cc1ccccc1)C(=O)OCC(C)C. The highest BCUT2D eigenvalue weighted by molar-refractivity contribution is 5.81. The number of benzene rings is 1. The molecule has 0 unspecified atom stereocenters. The summed E-state index contributed by atoms with van der Waals surface area (Å²) in [7, 11) is 0. The van der Waals surface area contributed by atoms with Crippen LogP contribution in [0.15, 0.2) is 30.3 Å². The zero-order valence-electron chi connectivity index (χ0n) is 14.2. The van der Waals surface area contributed by atoms with Crippen LogP contribution in [0.25, 0.3) is 0 Å². The Kier molecular flexibility index (Phi) is 8.80. The molecule has 1 N–H and O–H groups in total. The minimum atomic E-state index is -0.745. The average molecular weight is 321 g/mol. The molecule has 128 valence electrons. The summed E-state index contributed by atoms with van der Waals surface area (Å²) in [4.78, 5) is 24.0. The molecule has 0 spiro atoms. The number of carbonyl (C=O) groups excluding carboxylic acids is 2. The van der Waals surface area contributed by atoms with E-state index in [1.807, 2.05) is 51.1 Å². The number of esters is 1. The third-order valence-electron chi connectivity index (χ3n) is 3.15. The van der Waals surface area contributed by atoms with Gasteiger partial charge < -0.3 is 14.8 Å². The average Bonchev–Trinajstić information content (AvgIpc) is 2.53. The summed E-state index contributed by atoms with van der Waals surface area (Å²) in [6.07, 6.45) is 1.53. The predicted molar refractivity (Wildman–Crippen MR) is 89.1 cm³/mol. The van der Waals surface area contributed by atoms with Gasteiger partial charge in [-0.25, -0.2) is 9.59 Å². The van der Waals surface area contributed by atoms with Crippen molar-refractivity contribution >= 4 is 12.1 Å². The van der Waals surface area contributed by atoms with Crippen LogP contribution in [0.4, 0.5) is 4.79 Å². The lowest BCUT2D eigenvalue weighted by atomic mass is 10.1. The van der Waals surface area contributed by atoms with Gasteiger partial charge in [0.2, 0.25) is 0 Å². The molecular weight excluding hydrogens is 294 g/mol. The second kappa shape index (κ2) is 10.6. The van der Waals surface area contributed by atoms with Crippen molar-refractivity contribution in [1.29, 1.82) is 0 Å². The summed E-state index contributed by atoms with van der Waals surface area (Å²) in [6, 6.07) is 8.77. The fourth-order valence-electron chi connectivity index (χ4n) is 1.89. The molecule has 23 heavy (non-hydrogen) atoms. The van der Waals surface area contributed by atoms with E-state index >= 15 is 0 Å². The molecule has 0 aliphatic heterocycles. The van der Waals surface area contributed by atoms with Gasteiger partial charge in [-0.2, -0.15) is 0 Å². The van der Waals surface area contributed by atoms with Crippen molar-refractivity contribution in [2.75, 3.05) is 13.2 Å². The van der Waals surface area contributed by atoms with Crippen molar-refractivity contribution in [1.82, 2.24) is 5.32 Å². The number of carbonyl (C=O) groups is 2. The molecule has 1 rings (SSSR count). The monoisotopic (exact) mass is 321 g/mol. The van der Waals surface area contributed by atoms with E-state index in [1.54, 1.807) is 0 Å². The maximum absolute atomic E-state index is 12.2. The van der Waals surface area contributed by atoms with E-state index in [1.165, 1.54) is 0 Å². The first-order chi connectivity index (χ1) is 11.0. The largest absolute Gasteiger partial charge is 0.464 e. The van der Waals surface area contributed by atoms with Crippen LogP contribution in [-0.4, -0.2) is 31.3 Å². The van der Waals surface area contributed by atoms with Gasteiger partial charge in [0, 0.05) is 6.42 Å². The first-order valence-corrected chi connectivity index (χ1v) is 8.16. The lowest BCUT2D eigenvalue weighted by molar-refractivity contribution is -0.147. The molecule has 1 amide bonds. The zero-order chi connectivity index (χ0) is 17.1. The molecule has 0 saturated heterocycles. The molecule has 1 aromatic rings. The Balaban J connectivity index is 2.63. The first-order valence-electron chi connectivity index (χ1n) is 8.16. The summed E-state index contributed by atoms with van der Waals surface area (Å²) in [6.45, 7) is 6.62. The van der Waals surface area contributed by atoms with Crippen molar-refractivity contribution in [2.45, 2.75) is 46.1 Å². The Morgan fingerprint density at radius 3 is 2.43 bits per heavy atom. The number of rotatable bonds is 9. The molecule has 1 aromatic carbocycles. The third kappa shape index (κ3) is 8.24. The van der Waals surface area contributed by atoms with Crippen molar-refractivity contribution in [2.24, 2.45) is 5.92 Å². The lowest BCUT2D eigenvalue weighted by Crippen LogP contribution is -2.44. The van der Waals surface area contributed by atoms with E-state index in [4.69, 9.17) is 9.47 Å². The Morgan fingerprint density at radius 2 is 1.83 bits per heavy atom. The van der Waals surface area contributed by atoms with Gasteiger partial charge in [-0.15, -0.1) is 0 Å². The normalized spacial score (nSPS) is 11.8. The molecule has 0 bridgehead atoms. The summed E-state index contributed by atoms with van der Waals surface area (Å²) < 4.78 is 10.3. The molecule has 1 atom stereocenters. The number of nitrogens with one attached hydrogen (secondary N) is 1. The van der Waals surface area contributed by atoms with Crippen LogP contribution in [0.1, 0.15) is 39.2 Å². The van der Waals surface area contributed by atoms with E-state index in [0.29, 0.717) is 19.6 Å². The van der Waals surface area contributed by atoms with Gasteiger partial charge in [0.05, 0.1) is 13.2 Å². The van der Waals surface area contributed by atoms with Crippen LogP contribution in [-0.2, 0) is 20.7 Å². The predicted octanol–water partition coefficient (Wildman–Crippen LogP) is 3.32. The van der Waals surface area contributed by atoms with Crippen LogP contribution < -0.4 is 5.32 Å². The molecule has 0 aliphatic carbocycles. The van der Waals surface area contributed by atoms with Crippen molar-refractivity contribution < 1.29 is 19.1 Å². The Morgan fingerprint density at radius 1 is 1.13 bits per heavy atom. The summed E-state index contributed by atoms with van der Waals surface area (Å²) in [5.74, 6) is -0.192.